The molecule has 0 bridgehead atoms. The second kappa shape index (κ2) is 7.03. The van der Waals surface area contributed by atoms with E-state index in [-0.39, 0.29) is 30.1 Å². The van der Waals surface area contributed by atoms with E-state index in [0.717, 1.165) is 11.3 Å². The standard InChI is InChI=1S/C18H21N3O4S/c1-9(2)21(4)17(24)11-7-13-15(14(22)8-11)26-18(19-13)20-16(23)12-5-6-25-10(12)3/h5-6,9,11H,7-8H2,1-4H3,(H,19,20,23)/t11-/m1/s1. The molecular formula is C18H21N3O4S. The normalized spacial score (nSPS) is 16.5. The zero-order valence-electron chi connectivity index (χ0n) is 15.2. The zero-order chi connectivity index (χ0) is 19.0. The lowest BCUT2D eigenvalue weighted by atomic mass is 9.89. The molecule has 0 fully saturated rings. The number of Topliss-reactive ketones (excluding diaryl/α,β-unsaturated/α-hetero) is 1. The number of ketones is 1. The molecule has 2 amide bonds. The van der Waals surface area contributed by atoms with Crippen molar-refractivity contribution in [2.24, 2.45) is 5.92 Å². The Labute approximate surface area is 155 Å². The van der Waals surface area contributed by atoms with Gasteiger partial charge < -0.3 is 9.32 Å². The highest BCUT2D eigenvalue weighted by Crippen LogP contribution is 2.33. The van der Waals surface area contributed by atoms with Crippen LogP contribution in [0.5, 0.6) is 0 Å². The summed E-state index contributed by atoms with van der Waals surface area (Å²) in [5, 5.41) is 3.07. The highest BCUT2D eigenvalue weighted by Gasteiger charge is 2.35. The number of amides is 2. The summed E-state index contributed by atoms with van der Waals surface area (Å²) in [5.41, 5.74) is 1.01. The number of rotatable bonds is 4. The van der Waals surface area contributed by atoms with E-state index in [9.17, 15) is 14.4 Å². The van der Waals surface area contributed by atoms with Gasteiger partial charge in [-0.2, -0.15) is 0 Å². The number of hydrogen-bond acceptors (Lipinski definition) is 6. The third-order valence-corrected chi connectivity index (χ3v) is 5.67. The van der Waals surface area contributed by atoms with E-state index in [0.29, 0.717) is 33.4 Å². The van der Waals surface area contributed by atoms with Gasteiger partial charge >= 0.3 is 0 Å². The van der Waals surface area contributed by atoms with Crippen LogP contribution in [0, 0.1) is 12.8 Å². The van der Waals surface area contributed by atoms with Crippen molar-refractivity contribution in [1.82, 2.24) is 9.88 Å². The van der Waals surface area contributed by atoms with Crippen molar-refractivity contribution in [2.45, 2.75) is 39.7 Å². The van der Waals surface area contributed by atoms with E-state index in [1.807, 2.05) is 13.8 Å². The topological polar surface area (TPSA) is 92.5 Å². The highest BCUT2D eigenvalue weighted by molar-refractivity contribution is 7.17. The lowest BCUT2D eigenvalue weighted by molar-refractivity contribution is -0.135. The Morgan fingerprint density at radius 2 is 2.12 bits per heavy atom. The first kappa shape index (κ1) is 18.3. The number of anilines is 1. The molecule has 0 aromatic carbocycles. The van der Waals surface area contributed by atoms with Gasteiger partial charge in [0.05, 0.1) is 28.3 Å². The van der Waals surface area contributed by atoms with Gasteiger partial charge in [0.25, 0.3) is 5.91 Å². The number of nitrogens with zero attached hydrogens (tertiary/aromatic N) is 2. The summed E-state index contributed by atoms with van der Waals surface area (Å²) in [6, 6.07) is 1.65. The molecule has 2 heterocycles. The highest BCUT2D eigenvalue weighted by atomic mass is 32.1. The summed E-state index contributed by atoms with van der Waals surface area (Å²) in [5.74, 6) is -0.362. The summed E-state index contributed by atoms with van der Waals surface area (Å²) in [6.45, 7) is 5.57. The van der Waals surface area contributed by atoms with Gasteiger partial charge in [-0.25, -0.2) is 4.98 Å². The second-order valence-corrected chi connectivity index (χ2v) is 7.71. The SMILES string of the molecule is Cc1occc1C(=O)Nc1nc2c(s1)C(=O)C[C@H](C(=O)N(C)C(C)C)C2. The van der Waals surface area contributed by atoms with Crippen molar-refractivity contribution in [3.8, 4) is 0 Å². The molecule has 1 aliphatic rings. The van der Waals surface area contributed by atoms with E-state index in [1.165, 1.54) is 6.26 Å². The third-order valence-electron chi connectivity index (χ3n) is 4.62. The number of thiazole rings is 1. The van der Waals surface area contributed by atoms with Gasteiger partial charge in [0.1, 0.15) is 5.76 Å². The van der Waals surface area contributed by atoms with E-state index < -0.39 is 5.92 Å². The molecule has 0 radical (unpaired) electrons. The van der Waals surface area contributed by atoms with Crippen LogP contribution in [-0.4, -0.2) is 40.6 Å². The maximum atomic E-state index is 12.5. The molecule has 3 rings (SSSR count). The van der Waals surface area contributed by atoms with Crippen LogP contribution >= 0.6 is 11.3 Å². The first-order valence-electron chi connectivity index (χ1n) is 8.43. The minimum absolute atomic E-state index is 0.0494. The minimum atomic E-state index is -0.399. The number of carbonyl (C=O) groups is 3. The fraction of sp³-hybridized carbons (Fsp3) is 0.444. The summed E-state index contributed by atoms with van der Waals surface area (Å²) >= 11 is 1.16. The molecule has 7 nitrogen and oxygen atoms in total. The quantitative estimate of drug-likeness (QED) is 0.887. The van der Waals surface area contributed by atoms with Crippen LogP contribution in [0.25, 0.3) is 0 Å². The van der Waals surface area contributed by atoms with Crippen molar-refractivity contribution >= 4 is 34.1 Å². The molecule has 0 aliphatic heterocycles. The summed E-state index contributed by atoms with van der Waals surface area (Å²) in [4.78, 5) is 43.8. The Kier molecular flexibility index (Phi) is 4.95. The molecule has 1 N–H and O–H groups in total. The van der Waals surface area contributed by atoms with Crippen LogP contribution in [0.3, 0.4) is 0 Å². The van der Waals surface area contributed by atoms with Gasteiger partial charge in [0.2, 0.25) is 5.91 Å². The maximum absolute atomic E-state index is 12.5. The predicted molar refractivity (Wildman–Crippen MR) is 97.6 cm³/mol. The van der Waals surface area contributed by atoms with Crippen LogP contribution in [0.15, 0.2) is 16.7 Å². The number of furan rings is 1. The first-order chi connectivity index (χ1) is 12.3. The van der Waals surface area contributed by atoms with Gasteiger partial charge in [-0.15, -0.1) is 0 Å². The number of fused-ring (bicyclic) bond motifs is 1. The molecule has 138 valence electrons. The van der Waals surface area contributed by atoms with E-state index in [4.69, 9.17) is 4.42 Å². The van der Waals surface area contributed by atoms with Gasteiger partial charge in [-0.1, -0.05) is 11.3 Å². The van der Waals surface area contributed by atoms with Crippen molar-refractivity contribution in [3.05, 3.63) is 34.2 Å². The van der Waals surface area contributed by atoms with Crippen molar-refractivity contribution in [2.75, 3.05) is 12.4 Å². The Balaban J connectivity index is 1.77. The molecule has 2 aromatic heterocycles. The number of aromatic nitrogens is 1. The van der Waals surface area contributed by atoms with Crippen LogP contribution in [-0.2, 0) is 11.2 Å². The molecule has 8 heteroatoms. The average molecular weight is 375 g/mol. The van der Waals surface area contributed by atoms with Gasteiger partial charge in [0.15, 0.2) is 10.9 Å². The molecule has 0 saturated carbocycles. The number of hydrogen-bond donors (Lipinski definition) is 1. The molecule has 1 atom stereocenters. The van der Waals surface area contributed by atoms with E-state index in [1.54, 1.807) is 24.9 Å². The summed E-state index contributed by atoms with van der Waals surface area (Å²) in [7, 11) is 1.74. The van der Waals surface area contributed by atoms with E-state index in [2.05, 4.69) is 10.3 Å². The lowest BCUT2D eigenvalue weighted by Gasteiger charge is -2.28. The number of nitrogens with one attached hydrogen (secondary N) is 1. The number of aryl methyl sites for hydroxylation is 1. The number of carbonyl (C=O) groups excluding carboxylic acids is 3. The minimum Gasteiger partial charge on any atom is -0.469 e. The molecule has 0 spiro atoms. The molecule has 1 aliphatic carbocycles. The predicted octanol–water partition coefficient (Wildman–Crippen LogP) is 2.91. The van der Waals surface area contributed by atoms with Crippen molar-refractivity contribution < 1.29 is 18.8 Å². The Morgan fingerprint density at radius 1 is 1.38 bits per heavy atom. The second-order valence-electron chi connectivity index (χ2n) is 6.71. The fourth-order valence-corrected chi connectivity index (χ4v) is 3.82. The van der Waals surface area contributed by atoms with Gasteiger partial charge in [0, 0.05) is 25.9 Å². The van der Waals surface area contributed by atoms with Crippen LogP contribution in [0.4, 0.5) is 5.13 Å². The zero-order valence-corrected chi connectivity index (χ0v) is 16.0. The summed E-state index contributed by atoms with van der Waals surface area (Å²) < 4.78 is 5.13. The van der Waals surface area contributed by atoms with Crippen molar-refractivity contribution in [1.29, 1.82) is 0 Å². The largest absolute Gasteiger partial charge is 0.469 e. The third kappa shape index (κ3) is 3.41. The van der Waals surface area contributed by atoms with Crippen LogP contribution in [0.2, 0.25) is 0 Å². The maximum Gasteiger partial charge on any atom is 0.260 e. The van der Waals surface area contributed by atoms with Gasteiger partial charge in [-0.05, 0) is 26.8 Å². The van der Waals surface area contributed by atoms with Crippen LogP contribution < -0.4 is 5.32 Å². The molecule has 2 aromatic rings. The fourth-order valence-electron chi connectivity index (χ4n) is 2.89. The molecule has 0 saturated heterocycles. The first-order valence-corrected chi connectivity index (χ1v) is 9.24. The average Bonchev–Trinajstić information content (AvgIpc) is 3.19. The molecular weight excluding hydrogens is 354 g/mol. The lowest BCUT2D eigenvalue weighted by Crippen LogP contribution is -2.40. The molecule has 26 heavy (non-hydrogen) atoms. The smallest absolute Gasteiger partial charge is 0.260 e. The monoisotopic (exact) mass is 375 g/mol. The van der Waals surface area contributed by atoms with E-state index >= 15 is 0 Å². The van der Waals surface area contributed by atoms with Crippen molar-refractivity contribution in [3.63, 3.8) is 0 Å². The Morgan fingerprint density at radius 3 is 2.73 bits per heavy atom. The Hall–Kier alpha value is -2.48. The Bertz CT molecular complexity index is 868. The summed E-state index contributed by atoms with van der Waals surface area (Å²) in [6.07, 6.45) is 2.04. The molecule has 0 unspecified atom stereocenters. The van der Waals surface area contributed by atoms with Gasteiger partial charge in [-0.3, -0.25) is 19.7 Å². The van der Waals surface area contributed by atoms with Crippen LogP contribution in [0.1, 0.15) is 51.8 Å².